The molecular weight excluding hydrogens is 266 g/mol. The van der Waals surface area contributed by atoms with Gasteiger partial charge in [-0.05, 0) is 19.3 Å². The summed E-state index contributed by atoms with van der Waals surface area (Å²) in [5.41, 5.74) is 5.93. The number of hydrogen-bond acceptors (Lipinski definition) is 3. The van der Waals surface area contributed by atoms with Gasteiger partial charge in [-0.15, -0.1) is 0 Å². The maximum atomic E-state index is 5.93. The molecule has 1 atom stereocenters. The normalized spacial score (nSPS) is 25.2. The first-order chi connectivity index (χ1) is 9.72. The lowest BCUT2D eigenvalue weighted by molar-refractivity contribution is 0.0771. The average Bonchev–Trinajstić information content (AvgIpc) is 2.74. The van der Waals surface area contributed by atoms with Crippen LogP contribution in [-0.4, -0.2) is 53.1 Å². The number of thiocarbonyl (C=S) groups is 1. The SMILES string of the molecule is CCCC(C(N)=S)N1CCN(C2CCCCCC2)CC1. The molecule has 0 radical (unpaired) electrons. The minimum atomic E-state index is 0.325. The van der Waals surface area contributed by atoms with E-state index in [1.807, 2.05) is 0 Å². The quantitative estimate of drug-likeness (QED) is 0.625. The molecule has 0 aromatic heterocycles. The molecule has 2 N–H and O–H groups in total. The first-order valence-electron chi connectivity index (χ1n) is 8.49. The molecule has 4 heteroatoms. The van der Waals surface area contributed by atoms with Crippen molar-refractivity contribution in [3.8, 4) is 0 Å². The fourth-order valence-electron chi connectivity index (χ4n) is 3.82. The molecule has 1 aliphatic carbocycles. The topological polar surface area (TPSA) is 32.5 Å². The van der Waals surface area contributed by atoms with Crippen LogP contribution in [0.5, 0.6) is 0 Å². The molecule has 20 heavy (non-hydrogen) atoms. The zero-order chi connectivity index (χ0) is 14.4. The Kier molecular flexibility index (Phi) is 6.72. The Morgan fingerprint density at radius 2 is 1.70 bits per heavy atom. The monoisotopic (exact) mass is 297 g/mol. The second kappa shape index (κ2) is 8.30. The number of nitrogens with two attached hydrogens (primary N) is 1. The van der Waals surface area contributed by atoms with E-state index < -0.39 is 0 Å². The van der Waals surface area contributed by atoms with Crippen LogP contribution < -0.4 is 5.73 Å². The van der Waals surface area contributed by atoms with Gasteiger partial charge < -0.3 is 5.73 Å². The van der Waals surface area contributed by atoms with Gasteiger partial charge >= 0.3 is 0 Å². The van der Waals surface area contributed by atoms with Crippen LogP contribution in [0.4, 0.5) is 0 Å². The Morgan fingerprint density at radius 1 is 1.10 bits per heavy atom. The lowest BCUT2D eigenvalue weighted by atomic mass is 10.0. The molecule has 2 rings (SSSR count). The molecule has 0 aromatic rings. The van der Waals surface area contributed by atoms with E-state index in [1.54, 1.807) is 0 Å². The predicted octanol–water partition coefficient (Wildman–Crippen LogP) is 2.78. The van der Waals surface area contributed by atoms with E-state index in [1.165, 1.54) is 51.6 Å². The van der Waals surface area contributed by atoms with Gasteiger partial charge in [-0.3, -0.25) is 9.80 Å². The van der Waals surface area contributed by atoms with E-state index in [0.29, 0.717) is 11.0 Å². The van der Waals surface area contributed by atoms with Crippen molar-refractivity contribution in [1.29, 1.82) is 0 Å². The van der Waals surface area contributed by atoms with Gasteiger partial charge in [-0.25, -0.2) is 0 Å². The number of rotatable bonds is 5. The molecule has 1 saturated carbocycles. The molecular formula is C16H31N3S. The molecule has 1 saturated heterocycles. The van der Waals surface area contributed by atoms with E-state index in [2.05, 4.69) is 16.7 Å². The van der Waals surface area contributed by atoms with Crippen molar-refractivity contribution in [3.63, 3.8) is 0 Å². The molecule has 3 nitrogen and oxygen atoms in total. The van der Waals surface area contributed by atoms with Crippen molar-refractivity contribution in [2.24, 2.45) is 5.73 Å². The Hall–Kier alpha value is -0.190. The third-order valence-electron chi connectivity index (χ3n) is 5.02. The van der Waals surface area contributed by atoms with Crippen molar-refractivity contribution >= 4 is 17.2 Å². The summed E-state index contributed by atoms with van der Waals surface area (Å²) in [4.78, 5) is 5.93. The summed E-state index contributed by atoms with van der Waals surface area (Å²) in [5, 5.41) is 0. The summed E-state index contributed by atoms with van der Waals surface area (Å²) in [6, 6.07) is 1.17. The molecule has 2 aliphatic rings. The second-order valence-corrected chi connectivity index (χ2v) is 6.90. The summed E-state index contributed by atoms with van der Waals surface area (Å²) in [7, 11) is 0. The molecule has 1 heterocycles. The summed E-state index contributed by atoms with van der Waals surface area (Å²) in [5.74, 6) is 0. The van der Waals surface area contributed by atoms with Gasteiger partial charge in [0.15, 0.2) is 0 Å². The molecule has 0 bridgehead atoms. The van der Waals surface area contributed by atoms with Crippen molar-refractivity contribution in [2.45, 2.75) is 70.4 Å². The standard InChI is InChI=1S/C16H31N3S/c1-2-7-15(16(17)20)19-12-10-18(11-13-19)14-8-5-3-4-6-9-14/h14-15H,2-13H2,1H3,(H2,17,20). The van der Waals surface area contributed by atoms with Gasteiger partial charge in [-0.1, -0.05) is 51.2 Å². The van der Waals surface area contributed by atoms with E-state index in [4.69, 9.17) is 18.0 Å². The van der Waals surface area contributed by atoms with Crippen LogP contribution in [0.2, 0.25) is 0 Å². The summed E-state index contributed by atoms with van der Waals surface area (Å²) in [6.45, 7) is 6.89. The van der Waals surface area contributed by atoms with E-state index in [0.717, 1.165) is 32.0 Å². The van der Waals surface area contributed by atoms with Crippen molar-refractivity contribution in [2.75, 3.05) is 26.2 Å². The third kappa shape index (κ3) is 4.40. The van der Waals surface area contributed by atoms with E-state index in [9.17, 15) is 0 Å². The van der Waals surface area contributed by atoms with Gasteiger partial charge in [0.1, 0.15) is 0 Å². The van der Waals surface area contributed by atoms with Crippen LogP contribution in [-0.2, 0) is 0 Å². The molecule has 0 aromatic carbocycles. The molecule has 0 spiro atoms. The second-order valence-electron chi connectivity index (χ2n) is 6.42. The molecule has 1 aliphatic heterocycles. The zero-order valence-electron chi connectivity index (χ0n) is 13.0. The van der Waals surface area contributed by atoms with Crippen LogP contribution >= 0.6 is 12.2 Å². The lowest BCUT2D eigenvalue weighted by Gasteiger charge is -2.42. The Bertz CT molecular complexity index is 292. The summed E-state index contributed by atoms with van der Waals surface area (Å²) >= 11 is 5.26. The largest absolute Gasteiger partial charge is 0.392 e. The highest BCUT2D eigenvalue weighted by atomic mass is 32.1. The maximum absolute atomic E-state index is 5.93. The van der Waals surface area contributed by atoms with Crippen molar-refractivity contribution in [3.05, 3.63) is 0 Å². The van der Waals surface area contributed by atoms with Crippen molar-refractivity contribution in [1.82, 2.24) is 9.80 Å². The van der Waals surface area contributed by atoms with Gasteiger partial charge in [-0.2, -0.15) is 0 Å². The minimum Gasteiger partial charge on any atom is -0.392 e. The smallest absolute Gasteiger partial charge is 0.0902 e. The first kappa shape index (κ1) is 16.2. The first-order valence-corrected chi connectivity index (χ1v) is 8.90. The highest BCUT2D eigenvalue weighted by Crippen LogP contribution is 2.23. The highest BCUT2D eigenvalue weighted by Gasteiger charge is 2.28. The molecule has 116 valence electrons. The zero-order valence-corrected chi connectivity index (χ0v) is 13.8. The van der Waals surface area contributed by atoms with Gasteiger partial charge in [0.25, 0.3) is 0 Å². The lowest BCUT2D eigenvalue weighted by Crippen LogP contribution is -2.55. The average molecular weight is 298 g/mol. The van der Waals surface area contributed by atoms with Crippen LogP contribution in [0.1, 0.15) is 58.3 Å². The van der Waals surface area contributed by atoms with Crippen LogP contribution in [0.3, 0.4) is 0 Å². The van der Waals surface area contributed by atoms with Gasteiger partial charge in [0, 0.05) is 32.2 Å². The predicted molar refractivity (Wildman–Crippen MR) is 90.1 cm³/mol. The maximum Gasteiger partial charge on any atom is 0.0902 e. The molecule has 1 unspecified atom stereocenters. The number of hydrogen-bond donors (Lipinski definition) is 1. The summed E-state index contributed by atoms with van der Waals surface area (Å²) < 4.78 is 0. The molecule has 0 amide bonds. The van der Waals surface area contributed by atoms with Crippen molar-refractivity contribution < 1.29 is 0 Å². The number of nitrogens with zero attached hydrogens (tertiary/aromatic N) is 2. The van der Waals surface area contributed by atoms with Gasteiger partial charge in [0.2, 0.25) is 0 Å². The fourth-order valence-corrected chi connectivity index (χ4v) is 4.08. The van der Waals surface area contributed by atoms with Crippen LogP contribution in [0, 0.1) is 0 Å². The Morgan fingerprint density at radius 3 is 2.20 bits per heavy atom. The van der Waals surface area contributed by atoms with Crippen LogP contribution in [0.25, 0.3) is 0 Å². The summed E-state index contributed by atoms with van der Waals surface area (Å²) in [6.07, 6.45) is 10.8. The van der Waals surface area contributed by atoms with Crippen LogP contribution in [0.15, 0.2) is 0 Å². The highest BCUT2D eigenvalue weighted by molar-refractivity contribution is 7.80. The Labute approximate surface area is 129 Å². The fraction of sp³-hybridized carbons (Fsp3) is 0.938. The Balaban J connectivity index is 1.82. The van der Waals surface area contributed by atoms with E-state index >= 15 is 0 Å². The molecule has 2 fully saturated rings. The van der Waals surface area contributed by atoms with Gasteiger partial charge in [0.05, 0.1) is 11.0 Å². The van der Waals surface area contributed by atoms with E-state index in [-0.39, 0.29) is 0 Å². The third-order valence-corrected chi connectivity index (χ3v) is 5.29. The minimum absolute atomic E-state index is 0.325. The number of piperazine rings is 1.